The minimum absolute atomic E-state index is 0.224. The molecule has 0 aliphatic heterocycles. The molecule has 1 atom stereocenters. The summed E-state index contributed by atoms with van der Waals surface area (Å²) in [5.74, 6) is 1.18. The van der Waals surface area contributed by atoms with E-state index in [1.165, 1.54) is 30.7 Å². The molecule has 0 bridgehead atoms. The van der Waals surface area contributed by atoms with Gasteiger partial charge in [-0.1, -0.05) is 25.0 Å². The minimum atomic E-state index is 0.224. The number of hydrogen-bond acceptors (Lipinski definition) is 1. The molecule has 1 aromatic rings. The van der Waals surface area contributed by atoms with Crippen LogP contribution in [-0.2, 0) is 13.0 Å². The highest BCUT2D eigenvalue weighted by Crippen LogP contribution is 2.23. The molecule has 0 saturated carbocycles. The summed E-state index contributed by atoms with van der Waals surface area (Å²) in [5, 5.41) is 0.224. The van der Waals surface area contributed by atoms with Crippen LogP contribution in [0.15, 0.2) is 24.0 Å². The van der Waals surface area contributed by atoms with Crippen molar-refractivity contribution in [2.75, 3.05) is 0 Å². The Balaban J connectivity index is 2.05. The summed E-state index contributed by atoms with van der Waals surface area (Å²) in [5.41, 5.74) is 1.46. The Kier molecular flexibility index (Phi) is 4.66. The zero-order valence-corrected chi connectivity index (χ0v) is 11.3. The molecule has 1 unspecified atom stereocenters. The average Bonchev–Trinajstić information content (AvgIpc) is 2.61. The summed E-state index contributed by atoms with van der Waals surface area (Å²) in [6.07, 6.45) is 13.2. The molecule has 1 heterocycles. The third-order valence-electron chi connectivity index (χ3n) is 3.30. The van der Waals surface area contributed by atoms with Gasteiger partial charge in [-0.25, -0.2) is 4.98 Å². The first-order valence-corrected chi connectivity index (χ1v) is 7.07. The maximum Gasteiger partial charge on any atom is 0.112 e. The quantitative estimate of drug-likeness (QED) is 0.586. The Morgan fingerprint density at radius 1 is 1.47 bits per heavy atom. The number of nitrogens with zero attached hydrogens (tertiary/aromatic N) is 2. The lowest BCUT2D eigenvalue weighted by atomic mass is 10.1. The largest absolute Gasteiger partial charge is 0.335 e. The van der Waals surface area contributed by atoms with Crippen molar-refractivity contribution in [2.45, 2.75) is 57.4 Å². The predicted molar refractivity (Wildman–Crippen MR) is 72.4 cm³/mol. The van der Waals surface area contributed by atoms with Crippen LogP contribution < -0.4 is 0 Å². The van der Waals surface area contributed by atoms with E-state index in [-0.39, 0.29) is 5.38 Å². The fourth-order valence-corrected chi connectivity index (χ4v) is 2.75. The number of halogens is 1. The smallest absolute Gasteiger partial charge is 0.112 e. The van der Waals surface area contributed by atoms with E-state index in [9.17, 15) is 0 Å². The fourth-order valence-electron chi connectivity index (χ4n) is 2.42. The number of hydrogen-bond donors (Lipinski definition) is 0. The summed E-state index contributed by atoms with van der Waals surface area (Å²) < 4.78 is 2.26. The standard InChI is InChI=1S/C14H21ClN2/c1-2-8-17-9-7-16-14(17)11-12-5-3-4-6-13(15)10-12/h7,9-10,13H,2-6,8,11H2,1H3. The van der Waals surface area contributed by atoms with Crippen molar-refractivity contribution >= 4 is 11.6 Å². The summed E-state index contributed by atoms with van der Waals surface area (Å²) >= 11 is 6.25. The summed E-state index contributed by atoms with van der Waals surface area (Å²) in [7, 11) is 0. The van der Waals surface area contributed by atoms with Crippen molar-refractivity contribution in [1.29, 1.82) is 0 Å². The van der Waals surface area contributed by atoms with Gasteiger partial charge in [-0.05, 0) is 25.7 Å². The Bertz CT molecular complexity index is 381. The van der Waals surface area contributed by atoms with E-state index < -0.39 is 0 Å². The van der Waals surface area contributed by atoms with Crippen LogP contribution in [0.4, 0.5) is 0 Å². The molecule has 0 spiro atoms. The molecule has 0 fully saturated rings. The van der Waals surface area contributed by atoms with Crippen molar-refractivity contribution in [1.82, 2.24) is 9.55 Å². The van der Waals surface area contributed by atoms with E-state index >= 15 is 0 Å². The van der Waals surface area contributed by atoms with Crippen molar-refractivity contribution < 1.29 is 0 Å². The van der Waals surface area contributed by atoms with Gasteiger partial charge >= 0.3 is 0 Å². The van der Waals surface area contributed by atoms with Crippen LogP contribution in [0.2, 0.25) is 0 Å². The molecule has 17 heavy (non-hydrogen) atoms. The molecule has 1 aliphatic rings. The highest BCUT2D eigenvalue weighted by Gasteiger charge is 2.12. The van der Waals surface area contributed by atoms with Gasteiger partial charge in [0.05, 0.1) is 5.38 Å². The van der Waals surface area contributed by atoms with Crippen molar-refractivity contribution in [2.24, 2.45) is 0 Å². The number of aromatic nitrogens is 2. The molecule has 1 aromatic heterocycles. The molecule has 0 aromatic carbocycles. The van der Waals surface area contributed by atoms with Gasteiger partial charge in [0, 0.05) is 25.4 Å². The van der Waals surface area contributed by atoms with Gasteiger partial charge < -0.3 is 4.57 Å². The van der Waals surface area contributed by atoms with Crippen molar-refractivity contribution in [3.63, 3.8) is 0 Å². The maximum absolute atomic E-state index is 6.25. The first kappa shape index (κ1) is 12.7. The summed E-state index contributed by atoms with van der Waals surface area (Å²) in [6, 6.07) is 0. The Morgan fingerprint density at radius 2 is 2.35 bits per heavy atom. The lowest BCUT2D eigenvalue weighted by Gasteiger charge is -2.09. The zero-order valence-electron chi connectivity index (χ0n) is 10.5. The van der Waals surface area contributed by atoms with E-state index in [2.05, 4.69) is 28.7 Å². The number of alkyl halides is 1. The van der Waals surface area contributed by atoms with Gasteiger partial charge in [-0.2, -0.15) is 0 Å². The molecule has 94 valence electrons. The van der Waals surface area contributed by atoms with Crippen LogP contribution in [0.25, 0.3) is 0 Å². The van der Waals surface area contributed by atoms with Gasteiger partial charge in [0.2, 0.25) is 0 Å². The molecular weight excluding hydrogens is 232 g/mol. The van der Waals surface area contributed by atoms with E-state index in [0.717, 1.165) is 25.8 Å². The highest BCUT2D eigenvalue weighted by atomic mass is 35.5. The lowest BCUT2D eigenvalue weighted by molar-refractivity contribution is 0.639. The molecular formula is C14H21ClN2. The number of aryl methyl sites for hydroxylation is 1. The van der Waals surface area contributed by atoms with Gasteiger partial charge in [-0.3, -0.25) is 0 Å². The van der Waals surface area contributed by atoms with Crippen LogP contribution in [0, 0.1) is 0 Å². The average molecular weight is 253 g/mol. The fraction of sp³-hybridized carbons (Fsp3) is 0.643. The summed E-state index contributed by atoms with van der Waals surface area (Å²) in [6.45, 7) is 3.26. The third kappa shape index (κ3) is 3.60. The van der Waals surface area contributed by atoms with Crippen LogP contribution in [0.5, 0.6) is 0 Å². The number of rotatable bonds is 4. The maximum atomic E-state index is 6.25. The molecule has 1 aliphatic carbocycles. The molecule has 2 nitrogen and oxygen atoms in total. The van der Waals surface area contributed by atoms with E-state index in [0.29, 0.717) is 0 Å². The monoisotopic (exact) mass is 252 g/mol. The van der Waals surface area contributed by atoms with Gasteiger partial charge in [-0.15, -0.1) is 11.6 Å². The highest BCUT2D eigenvalue weighted by molar-refractivity contribution is 6.21. The topological polar surface area (TPSA) is 17.8 Å². The van der Waals surface area contributed by atoms with Crippen LogP contribution in [0.1, 0.15) is 44.9 Å². The Morgan fingerprint density at radius 3 is 3.18 bits per heavy atom. The lowest BCUT2D eigenvalue weighted by Crippen LogP contribution is -2.04. The van der Waals surface area contributed by atoms with Crippen LogP contribution in [0.3, 0.4) is 0 Å². The first-order chi connectivity index (χ1) is 8.29. The molecule has 0 saturated heterocycles. The van der Waals surface area contributed by atoms with E-state index in [1.54, 1.807) is 0 Å². The zero-order chi connectivity index (χ0) is 12.1. The predicted octanol–water partition coefficient (Wildman–Crippen LogP) is 3.94. The van der Waals surface area contributed by atoms with E-state index in [1.807, 2.05) is 6.20 Å². The molecule has 2 rings (SSSR count). The normalized spacial score (nSPS) is 21.1. The molecule has 0 N–H and O–H groups in total. The van der Waals surface area contributed by atoms with Crippen LogP contribution in [-0.4, -0.2) is 14.9 Å². The number of imidazole rings is 1. The second kappa shape index (κ2) is 6.25. The minimum Gasteiger partial charge on any atom is -0.335 e. The van der Waals surface area contributed by atoms with Crippen molar-refractivity contribution in [3.8, 4) is 0 Å². The Hall–Kier alpha value is -0.760. The SMILES string of the molecule is CCCn1ccnc1CC1=CC(Cl)CCCC1. The van der Waals surface area contributed by atoms with E-state index in [4.69, 9.17) is 11.6 Å². The van der Waals surface area contributed by atoms with Crippen LogP contribution >= 0.6 is 11.6 Å². The van der Waals surface area contributed by atoms with Crippen molar-refractivity contribution in [3.05, 3.63) is 29.9 Å². The first-order valence-electron chi connectivity index (χ1n) is 6.63. The van der Waals surface area contributed by atoms with Gasteiger partial charge in [0.25, 0.3) is 0 Å². The molecule has 0 amide bonds. The number of allylic oxidation sites excluding steroid dienone is 2. The molecule has 0 radical (unpaired) electrons. The van der Waals surface area contributed by atoms with Gasteiger partial charge in [0.1, 0.15) is 5.82 Å². The molecule has 3 heteroatoms. The summed E-state index contributed by atoms with van der Waals surface area (Å²) in [4.78, 5) is 4.46. The van der Waals surface area contributed by atoms with Gasteiger partial charge in [0.15, 0.2) is 0 Å². The Labute approximate surface area is 109 Å². The third-order valence-corrected chi connectivity index (χ3v) is 3.64. The second-order valence-corrected chi connectivity index (χ2v) is 5.36. The second-order valence-electron chi connectivity index (χ2n) is 4.80.